The van der Waals surface area contributed by atoms with Gasteiger partial charge in [-0.25, -0.2) is 12.8 Å². The first-order valence-corrected chi connectivity index (χ1v) is 8.96. The Labute approximate surface area is 119 Å². The van der Waals surface area contributed by atoms with Gasteiger partial charge >= 0.3 is 0 Å². The van der Waals surface area contributed by atoms with Crippen LogP contribution in [0.3, 0.4) is 0 Å². The van der Waals surface area contributed by atoms with E-state index in [4.69, 9.17) is 0 Å². The minimum absolute atomic E-state index is 0.152. The van der Waals surface area contributed by atoms with E-state index in [1.807, 2.05) is 6.07 Å². The minimum atomic E-state index is -2.88. The number of hydrogen-bond donors (Lipinski definition) is 0. The van der Waals surface area contributed by atoms with Crippen molar-refractivity contribution >= 4 is 9.84 Å². The lowest BCUT2D eigenvalue weighted by molar-refractivity contribution is 0.185. The fourth-order valence-corrected chi connectivity index (χ4v) is 4.70. The summed E-state index contributed by atoms with van der Waals surface area (Å²) in [5.41, 5.74) is 1.71. The van der Waals surface area contributed by atoms with E-state index < -0.39 is 9.84 Å². The lowest BCUT2D eigenvalue weighted by atomic mass is 10.1. The normalized spacial score (nSPS) is 26.6. The molecule has 1 aromatic rings. The third-order valence-electron chi connectivity index (χ3n) is 4.36. The molecule has 1 saturated heterocycles. The van der Waals surface area contributed by atoms with E-state index in [0.717, 1.165) is 24.9 Å². The molecule has 0 amide bonds. The van der Waals surface area contributed by atoms with Gasteiger partial charge in [-0.3, -0.25) is 4.90 Å². The SMILES string of the molecule is Cc1cc(CN2CCS(=O)(=O)CC2C2CC2)ccc1F. The second kappa shape index (κ2) is 5.11. The molecule has 1 atom stereocenters. The van der Waals surface area contributed by atoms with Crippen molar-refractivity contribution in [3.05, 3.63) is 35.1 Å². The fourth-order valence-electron chi connectivity index (χ4n) is 3.02. The molecule has 1 unspecified atom stereocenters. The third-order valence-corrected chi connectivity index (χ3v) is 6.01. The van der Waals surface area contributed by atoms with Crippen LogP contribution in [0.1, 0.15) is 24.0 Å². The van der Waals surface area contributed by atoms with Crippen LogP contribution in [-0.2, 0) is 16.4 Å². The lowest BCUT2D eigenvalue weighted by Crippen LogP contribution is -2.49. The van der Waals surface area contributed by atoms with E-state index in [1.54, 1.807) is 13.0 Å². The van der Waals surface area contributed by atoms with Crippen LogP contribution in [0.2, 0.25) is 0 Å². The zero-order valence-electron chi connectivity index (χ0n) is 11.7. The number of rotatable bonds is 3. The summed E-state index contributed by atoms with van der Waals surface area (Å²) < 4.78 is 36.9. The van der Waals surface area contributed by atoms with Crippen LogP contribution < -0.4 is 0 Å². The topological polar surface area (TPSA) is 37.4 Å². The summed E-state index contributed by atoms with van der Waals surface area (Å²) in [6.45, 7) is 3.08. The number of sulfone groups is 1. The molecule has 0 N–H and O–H groups in total. The zero-order valence-corrected chi connectivity index (χ0v) is 12.5. The Hall–Kier alpha value is -0.940. The van der Waals surface area contributed by atoms with Gasteiger partial charge in [-0.15, -0.1) is 0 Å². The molecule has 1 aliphatic carbocycles. The first-order valence-electron chi connectivity index (χ1n) is 7.14. The molecule has 1 aromatic carbocycles. The van der Waals surface area contributed by atoms with E-state index in [-0.39, 0.29) is 23.4 Å². The zero-order chi connectivity index (χ0) is 14.3. The predicted molar refractivity (Wildman–Crippen MR) is 76.7 cm³/mol. The molecule has 0 spiro atoms. The van der Waals surface area contributed by atoms with Crippen molar-refractivity contribution in [2.75, 3.05) is 18.1 Å². The molecular weight excluding hydrogens is 277 g/mol. The Kier molecular flexibility index (Phi) is 3.58. The van der Waals surface area contributed by atoms with E-state index >= 15 is 0 Å². The Morgan fingerprint density at radius 3 is 2.75 bits per heavy atom. The highest BCUT2D eigenvalue weighted by atomic mass is 32.2. The van der Waals surface area contributed by atoms with Gasteiger partial charge < -0.3 is 0 Å². The van der Waals surface area contributed by atoms with Crippen molar-refractivity contribution in [1.82, 2.24) is 4.90 Å². The molecule has 3 rings (SSSR count). The molecule has 20 heavy (non-hydrogen) atoms. The van der Waals surface area contributed by atoms with Crippen LogP contribution in [0.15, 0.2) is 18.2 Å². The number of nitrogens with zero attached hydrogens (tertiary/aromatic N) is 1. The molecule has 5 heteroatoms. The van der Waals surface area contributed by atoms with Crippen molar-refractivity contribution < 1.29 is 12.8 Å². The highest BCUT2D eigenvalue weighted by molar-refractivity contribution is 7.91. The van der Waals surface area contributed by atoms with E-state index in [2.05, 4.69) is 4.90 Å². The average Bonchev–Trinajstić information content (AvgIpc) is 3.20. The van der Waals surface area contributed by atoms with Crippen molar-refractivity contribution in [1.29, 1.82) is 0 Å². The molecule has 1 saturated carbocycles. The predicted octanol–water partition coefficient (Wildman–Crippen LogP) is 2.14. The molecule has 110 valence electrons. The summed E-state index contributed by atoms with van der Waals surface area (Å²) in [6, 6.07) is 5.31. The number of benzene rings is 1. The summed E-state index contributed by atoms with van der Waals surface area (Å²) in [5.74, 6) is 0.883. The van der Waals surface area contributed by atoms with Gasteiger partial charge in [-0.1, -0.05) is 12.1 Å². The van der Waals surface area contributed by atoms with Crippen LogP contribution >= 0.6 is 0 Å². The molecular formula is C15H20FNO2S. The molecule has 3 nitrogen and oxygen atoms in total. The van der Waals surface area contributed by atoms with E-state index in [1.165, 1.54) is 6.07 Å². The number of aryl methyl sites for hydroxylation is 1. The van der Waals surface area contributed by atoms with E-state index in [0.29, 0.717) is 18.0 Å². The second-order valence-electron chi connectivity index (χ2n) is 6.07. The summed E-state index contributed by atoms with van der Waals surface area (Å²) in [7, 11) is -2.88. The summed E-state index contributed by atoms with van der Waals surface area (Å²) >= 11 is 0. The smallest absolute Gasteiger partial charge is 0.153 e. The largest absolute Gasteiger partial charge is 0.294 e. The third kappa shape index (κ3) is 3.04. The van der Waals surface area contributed by atoms with Crippen LogP contribution in [0, 0.1) is 18.7 Å². The van der Waals surface area contributed by atoms with Gasteiger partial charge in [0.2, 0.25) is 0 Å². The van der Waals surface area contributed by atoms with Crippen LogP contribution in [0.5, 0.6) is 0 Å². The Morgan fingerprint density at radius 1 is 1.35 bits per heavy atom. The molecule has 2 fully saturated rings. The molecule has 1 heterocycles. The van der Waals surface area contributed by atoms with Gasteiger partial charge in [-0.2, -0.15) is 0 Å². The minimum Gasteiger partial charge on any atom is -0.294 e. The van der Waals surface area contributed by atoms with Crippen molar-refractivity contribution in [3.8, 4) is 0 Å². The van der Waals surface area contributed by atoms with Gasteiger partial charge in [0.05, 0.1) is 11.5 Å². The second-order valence-corrected chi connectivity index (χ2v) is 8.30. The maximum Gasteiger partial charge on any atom is 0.153 e. The van der Waals surface area contributed by atoms with Crippen LogP contribution in [-0.4, -0.2) is 37.4 Å². The highest BCUT2D eigenvalue weighted by Crippen LogP contribution is 2.38. The van der Waals surface area contributed by atoms with Crippen LogP contribution in [0.25, 0.3) is 0 Å². The van der Waals surface area contributed by atoms with Crippen LogP contribution in [0.4, 0.5) is 4.39 Å². The quantitative estimate of drug-likeness (QED) is 0.858. The first kappa shape index (κ1) is 14.0. The average molecular weight is 297 g/mol. The van der Waals surface area contributed by atoms with Gasteiger partial charge in [0.15, 0.2) is 9.84 Å². The van der Waals surface area contributed by atoms with Gasteiger partial charge in [0, 0.05) is 19.1 Å². The molecule has 0 bridgehead atoms. The van der Waals surface area contributed by atoms with Gasteiger partial charge in [0.1, 0.15) is 5.82 Å². The Morgan fingerprint density at radius 2 is 2.10 bits per heavy atom. The Balaban J connectivity index is 1.76. The standard InChI is InChI=1S/C15H20FNO2S/c1-11-8-12(2-5-14(11)16)9-17-6-7-20(18,19)10-15(17)13-3-4-13/h2,5,8,13,15H,3-4,6-7,9-10H2,1H3. The number of hydrogen-bond acceptors (Lipinski definition) is 3. The van der Waals surface area contributed by atoms with Gasteiger partial charge in [-0.05, 0) is 42.9 Å². The molecule has 1 aliphatic heterocycles. The monoisotopic (exact) mass is 297 g/mol. The van der Waals surface area contributed by atoms with Crippen molar-refractivity contribution in [3.63, 3.8) is 0 Å². The number of halogens is 1. The molecule has 0 radical (unpaired) electrons. The fraction of sp³-hybridized carbons (Fsp3) is 0.600. The summed E-state index contributed by atoms with van der Waals surface area (Å²) in [6.07, 6.45) is 2.28. The van der Waals surface area contributed by atoms with Crippen molar-refractivity contribution in [2.24, 2.45) is 5.92 Å². The molecule has 2 aliphatic rings. The first-order chi connectivity index (χ1) is 9.44. The Bertz CT molecular complexity index is 610. The molecule has 0 aromatic heterocycles. The maximum absolute atomic E-state index is 13.3. The van der Waals surface area contributed by atoms with Gasteiger partial charge in [0.25, 0.3) is 0 Å². The highest BCUT2D eigenvalue weighted by Gasteiger charge is 2.40. The maximum atomic E-state index is 13.3. The lowest BCUT2D eigenvalue weighted by Gasteiger charge is -2.35. The summed E-state index contributed by atoms with van der Waals surface area (Å²) in [4.78, 5) is 2.27. The van der Waals surface area contributed by atoms with E-state index in [9.17, 15) is 12.8 Å². The van der Waals surface area contributed by atoms with Crippen molar-refractivity contribution in [2.45, 2.75) is 32.4 Å². The summed E-state index contributed by atoms with van der Waals surface area (Å²) in [5, 5.41) is 0.